The molecule has 1 aliphatic rings. The van der Waals surface area contributed by atoms with Gasteiger partial charge in [-0.3, -0.25) is 0 Å². The highest BCUT2D eigenvalue weighted by molar-refractivity contribution is 5.83. The third-order valence-electron chi connectivity index (χ3n) is 3.87. The third-order valence-corrected chi connectivity index (χ3v) is 3.87. The van der Waals surface area contributed by atoms with E-state index < -0.39 is 0 Å². The molecule has 0 radical (unpaired) electrons. The van der Waals surface area contributed by atoms with Crippen molar-refractivity contribution in [2.75, 3.05) is 13.2 Å². The van der Waals surface area contributed by atoms with Crippen LogP contribution in [0.1, 0.15) is 25.7 Å². The summed E-state index contributed by atoms with van der Waals surface area (Å²) in [7, 11) is 0. The van der Waals surface area contributed by atoms with Gasteiger partial charge in [0.15, 0.2) is 0 Å². The van der Waals surface area contributed by atoms with Gasteiger partial charge in [-0.25, -0.2) is 0 Å². The molecule has 0 spiro atoms. The molecule has 100 valence electrons. The molecule has 19 heavy (non-hydrogen) atoms. The molecule has 1 atom stereocenters. The van der Waals surface area contributed by atoms with Gasteiger partial charge in [0.25, 0.3) is 0 Å². The number of hydrogen-bond acceptors (Lipinski definition) is 2. The highest BCUT2D eigenvalue weighted by atomic mass is 16.5. The molecule has 2 aromatic rings. The van der Waals surface area contributed by atoms with E-state index in [9.17, 15) is 0 Å². The molecule has 1 heterocycles. The summed E-state index contributed by atoms with van der Waals surface area (Å²) in [6.45, 7) is 1.97. The van der Waals surface area contributed by atoms with Crippen LogP contribution in [0.5, 0.6) is 5.75 Å². The van der Waals surface area contributed by atoms with Crippen LogP contribution in [0, 0.1) is 0 Å². The Labute approximate surface area is 114 Å². The summed E-state index contributed by atoms with van der Waals surface area (Å²) in [6, 6.07) is 15.4. The Hall–Kier alpha value is -1.54. The number of nitrogens with one attached hydrogen (secondary N) is 1. The average Bonchev–Trinajstić information content (AvgIpc) is 2.48. The van der Waals surface area contributed by atoms with Crippen LogP contribution in [0.4, 0.5) is 0 Å². The molecular formula is C17H21NO. The minimum atomic E-state index is 0.647. The molecule has 0 saturated carbocycles. The second-order valence-corrected chi connectivity index (χ2v) is 5.29. The van der Waals surface area contributed by atoms with Crippen LogP contribution < -0.4 is 10.1 Å². The fourth-order valence-electron chi connectivity index (χ4n) is 2.75. The van der Waals surface area contributed by atoms with Crippen molar-refractivity contribution in [1.29, 1.82) is 0 Å². The monoisotopic (exact) mass is 255 g/mol. The van der Waals surface area contributed by atoms with Crippen molar-refractivity contribution in [1.82, 2.24) is 5.32 Å². The Morgan fingerprint density at radius 1 is 1.05 bits per heavy atom. The van der Waals surface area contributed by atoms with Gasteiger partial charge in [0.05, 0.1) is 6.61 Å². The molecule has 1 saturated heterocycles. The average molecular weight is 255 g/mol. The van der Waals surface area contributed by atoms with E-state index in [1.54, 1.807) is 0 Å². The Morgan fingerprint density at radius 2 is 1.95 bits per heavy atom. The minimum absolute atomic E-state index is 0.647. The molecule has 2 nitrogen and oxygen atoms in total. The van der Waals surface area contributed by atoms with E-state index in [1.165, 1.54) is 36.6 Å². The van der Waals surface area contributed by atoms with Crippen molar-refractivity contribution >= 4 is 10.8 Å². The van der Waals surface area contributed by atoms with Crippen LogP contribution in [-0.2, 0) is 0 Å². The maximum absolute atomic E-state index is 5.88. The lowest BCUT2D eigenvalue weighted by Crippen LogP contribution is -2.35. The molecule has 0 aliphatic carbocycles. The summed E-state index contributed by atoms with van der Waals surface area (Å²) >= 11 is 0. The summed E-state index contributed by atoms with van der Waals surface area (Å²) < 4.78 is 5.88. The quantitative estimate of drug-likeness (QED) is 0.898. The summed E-state index contributed by atoms with van der Waals surface area (Å²) in [6.07, 6.45) is 5.07. The fourth-order valence-corrected chi connectivity index (χ4v) is 2.75. The molecule has 0 unspecified atom stereocenters. The first kappa shape index (κ1) is 12.5. The van der Waals surface area contributed by atoms with E-state index in [0.717, 1.165) is 18.8 Å². The zero-order chi connectivity index (χ0) is 12.9. The number of fused-ring (bicyclic) bond motifs is 1. The first-order valence-electron chi connectivity index (χ1n) is 7.27. The van der Waals surface area contributed by atoms with Gasteiger partial charge in [0.2, 0.25) is 0 Å². The summed E-state index contributed by atoms with van der Waals surface area (Å²) in [5, 5.41) is 6.07. The summed E-state index contributed by atoms with van der Waals surface area (Å²) in [4.78, 5) is 0. The zero-order valence-electron chi connectivity index (χ0n) is 11.3. The molecule has 1 N–H and O–H groups in total. The van der Waals surface area contributed by atoms with Gasteiger partial charge >= 0.3 is 0 Å². The van der Waals surface area contributed by atoms with E-state index in [4.69, 9.17) is 4.74 Å². The van der Waals surface area contributed by atoms with Gasteiger partial charge in [0.1, 0.15) is 5.75 Å². The third kappa shape index (κ3) is 3.27. The Balaban J connectivity index is 1.56. The van der Waals surface area contributed by atoms with Crippen molar-refractivity contribution in [3.63, 3.8) is 0 Å². The van der Waals surface area contributed by atoms with Gasteiger partial charge in [-0.2, -0.15) is 0 Å². The zero-order valence-corrected chi connectivity index (χ0v) is 11.3. The molecule has 1 aliphatic heterocycles. The maximum atomic E-state index is 5.88. The molecule has 0 amide bonds. The lowest BCUT2D eigenvalue weighted by atomic mass is 10.0. The van der Waals surface area contributed by atoms with Crippen molar-refractivity contribution in [3.8, 4) is 5.75 Å². The van der Waals surface area contributed by atoms with E-state index >= 15 is 0 Å². The Morgan fingerprint density at radius 3 is 2.79 bits per heavy atom. The molecular weight excluding hydrogens is 234 g/mol. The first-order valence-corrected chi connectivity index (χ1v) is 7.27. The van der Waals surface area contributed by atoms with Gasteiger partial charge in [0, 0.05) is 6.04 Å². The largest absolute Gasteiger partial charge is 0.494 e. The molecule has 2 heteroatoms. The van der Waals surface area contributed by atoms with Crippen molar-refractivity contribution in [2.45, 2.75) is 31.7 Å². The Kier molecular flexibility index (Phi) is 3.99. The van der Waals surface area contributed by atoms with Crippen LogP contribution in [0.2, 0.25) is 0 Å². The highest BCUT2D eigenvalue weighted by Gasteiger charge is 2.11. The molecule has 1 fully saturated rings. The lowest BCUT2D eigenvalue weighted by molar-refractivity contribution is 0.268. The maximum Gasteiger partial charge on any atom is 0.119 e. The van der Waals surface area contributed by atoms with Gasteiger partial charge in [-0.15, -0.1) is 0 Å². The van der Waals surface area contributed by atoms with Crippen LogP contribution in [0.3, 0.4) is 0 Å². The topological polar surface area (TPSA) is 21.3 Å². The minimum Gasteiger partial charge on any atom is -0.494 e. The molecule has 0 aromatic heterocycles. The SMILES string of the molecule is c1ccc2cc(OCC[C@@H]3CCCCN3)ccc2c1. The van der Waals surface area contributed by atoms with Crippen LogP contribution >= 0.6 is 0 Å². The van der Waals surface area contributed by atoms with Crippen LogP contribution in [0.25, 0.3) is 10.8 Å². The second-order valence-electron chi connectivity index (χ2n) is 5.29. The van der Waals surface area contributed by atoms with Gasteiger partial charge in [-0.05, 0) is 48.7 Å². The Bertz CT molecular complexity index is 532. The fraction of sp³-hybridized carbons (Fsp3) is 0.412. The summed E-state index contributed by atoms with van der Waals surface area (Å²) in [5.74, 6) is 0.981. The predicted molar refractivity (Wildman–Crippen MR) is 79.7 cm³/mol. The lowest BCUT2D eigenvalue weighted by Gasteiger charge is -2.23. The standard InChI is InChI=1S/C17H21NO/c1-2-6-15-13-17(9-8-14(15)5-1)19-12-10-16-7-3-4-11-18-16/h1-2,5-6,8-9,13,16,18H,3-4,7,10-12H2/t16-/m0/s1. The van der Waals surface area contributed by atoms with Crippen molar-refractivity contribution in [2.24, 2.45) is 0 Å². The van der Waals surface area contributed by atoms with E-state index in [-0.39, 0.29) is 0 Å². The highest BCUT2D eigenvalue weighted by Crippen LogP contribution is 2.21. The molecule has 3 rings (SSSR count). The van der Waals surface area contributed by atoms with E-state index in [0.29, 0.717) is 6.04 Å². The number of benzene rings is 2. The van der Waals surface area contributed by atoms with Gasteiger partial charge < -0.3 is 10.1 Å². The number of hydrogen-bond donors (Lipinski definition) is 1. The smallest absolute Gasteiger partial charge is 0.119 e. The first-order chi connectivity index (χ1) is 9.42. The van der Waals surface area contributed by atoms with Crippen molar-refractivity contribution < 1.29 is 4.74 Å². The number of ether oxygens (including phenoxy) is 1. The number of rotatable bonds is 4. The van der Waals surface area contributed by atoms with E-state index in [1.807, 2.05) is 0 Å². The summed E-state index contributed by atoms with van der Waals surface area (Å²) in [5.41, 5.74) is 0. The van der Waals surface area contributed by atoms with Crippen LogP contribution in [0.15, 0.2) is 42.5 Å². The second kappa shape index (κ2) is 6.07. The molecule has 0 bridgehead atoms. The van der Waals surface area contributed by atoms with E-state index in [2.05, 4.69) is 47.8 Å². The van der Waals surface area contributed by atoms with Gasteiger partial charge in [-0.1, -0.05) is 36.8 Å². The van der Waals surface area contributed by atoms with Crippen molar-refractivity contribution in [3.05, 3.63) is 42.5 Å². The predicted octanol–water partition coefficient (Wildman–Crippen LogP) is 3.75. The van der Waals surface area contributed by atoms with Crippen LogP contribution in [-0.4, -0.2) is 19.2 Å². The number of piperidine rings is 1. The normalized spacial score (nSPS) is 19.5. The molecule has 2 aromatic carbocycles.